The molecule has 0 bridgehead atoms. The summed E-state index contributed by atoms with van der Waals surface area (Å²) in [6.45, 7) is 5.32. The Morgan fingerprint density at radius 1 is 1.73 bits per heavy atom. The molecule has 0 heterocycles. The quantitative estimate of drug-likeness (QED) is 0.578. The molecule has 11 heavy (non-hydrogen) atoms. The van der Waals surface area contributed by atoms with Crippen molar-refractivity contribution >= 4 is 5.78 Å². The second kappa shape index (κ2) is 3.18. The van der Waals surface area contributed by atoms with Gasteiger partial charge in [-0.3, -0.25) is 4.79 Å². The second-order valence-electron chi connectivity index (χ2n) is 3.26. The maximum absolute atomic E-state index is 10.9. The standard InChI is InChI=1S/C9H14O2/c1-6-3-4-8(7(2)10)5-9(6)11/h8-9,11H,1,3-5H2,2H3/t8-,9+/m1/s1. The van der Waals surface area contributed by atoms with Crippen LogP contribution < -0.4 is 0 Å². The molecule has 2 heteroatoms. The minimum absolute atomic E-state index is 0.0653. The van der Waals surface area contributed by atoms with Crippen molar-refractivity contribution in [2.45, 2.75) is 32.3 Å². The number of rotatable bonds is 1. The number of aliphatic hydroxyl groups excluding tert-OH is 1. The van der Waals surface area contributed by atoms with E-state index in [-0.39, 0.29) is 11.7 Å². The van der Waals surface area contributed by atoms with E-state index in [1.807, 2.05) is 0 Å². The second-order valence-corrected chi connectivity index (χ2v) is 3.26. The normalized spacial score (nSPS) is 32.0. The molecule has 0 aromatic carbocycles. The summed E-state index contributed by atoms with van der Waals surface area (Å²) in [5, 5.41) is 9.35. The average Bonchev–Trinajstić information content (AvgIpc) is 1.94. The summed E-state index contributed by atoms with van der Waals surface area (Å²) in [7, 11) is 0. The lowest BCUT2D eigenvalue weighted by Crippen LogP contribution is -2.25. The lowest BCUT2D eigenvalue weighted by molar-refractivity contribution is -0.122. The zero-order chi connectivity index (χ0) is 8.43. The number of aliphatic hydroxyl groups is 1. The molecule has 0 amide bonds. The molecule has 62 valence electrons. The van der Waals surface area contributed by atoms with Crippen LogP contribution in [0.15, 0.2) is 12.2 Å². The van der Waals surface area contributed by atoms with E-state index >= 15 is 0 Å². The zero-order valence-corrected chi connectivity index (χ0v) is 6.84. The van der Waals surface area contributed by atoms with Crippen molar-refractivity contribution in [3.63, 3.8) is 0 Å². The number of hydrogen-bond donors (Lipinski definition) is 1. The van der Waals surface area contributed by atoms with E-state index in [0.29, 0.717) is 6.42 Å². The van der Waals surface area contributed by atoms with Crippen LogP contribution in [-0.4, -0.2) is 17.0 Å². The highest BCUT2D eigenvalue weighted by Gasteiger charge is 2.25. The monoisotopic (exact) mass is 154 g/mol. The van der Waals surface area contributed by atoms with Crippen LogP contribution in [0.2, 0.25) is 0 Å². The Kier molecular flexibility index (Phi) is 2.45. The summed E-state index contributed by atoms with van der Waals surface area (Å²) < 4.78 is 0. The third kappa shape index (κ3) is 1.90. The average molecular weight is 154 g/mol. The van der Waals surface area contributed by atoms with Crippen LogP contribution in [0.5, 0.6) is 0 Å². The Bertz CT molecular complexity index is 184. The SMILES string of the molecule is C=C1CC[C@@H](C(C)=O)C[C@@H]1O. The first kappa shape index (κ1) is 8.47. The van der Waals surface area contributed by atoms with Crippen LogP contribution in [0.25, 0.3) is 0 Å². The fourth-order valence-electron chi connectivity index (χ4n) is 1.45. The molecule has 0 aromatic rings. The van der Waals surface area contributed by atoms with E-state index in [2.05, 4.69) is 6.58 Å². The lowest BCUT2D eigenvalue weighted by Gasteiger charge is -2.25. The Labute approximate surface area is 66.9 Å². The van der Waals surface area contributed by atoms with Gasteiger partial charge >= 0.3 is 0 Å². The van der Waals surface area contributed by atoms with Crippen LogP contribution in [0, 0.1) is 5.92 Å². The maximum Gasteiger partial charge on any atom is 0.133 e. The van der Waals surface area contributed by atoms with Crippen LogP contribution in [0.3, 0.4) is 0 Å². The largest absolute Gasteiger partial charge is 0.389 e. The van der Waals surface area contributed by atoms with Crippen molar-refractivity contribution in [2.24, 2.45) is 5.92 Å². The van der Waals surface area contributed by atoms with Crippen LogP contribution in [-0.2, 0) is 4.79 Å². The van der Waals surface area contributed by atoms with E-state index < -0.39 is 6.10 Å². The zero-order valence-electron chi connectivity index (χ0n) is 6.84. The fraction of sp³-hybridized carbons (Fsp3) is 0.667. The van der Waals surface area contributed by atoms with Crippen LogP contribution in [0.1, 0.15) is 26.2 Å². The summed E-state index contributed by atoms with van der Waals surface area (Å²) in [5.74, 6) is 0.257. The summed E-state index contributed by atoms with van der Waals surface area (Å²) in [6.07, 6.45) is 1.79. The molecule has 1 rings (SSSR count). The fourth-order valence-corrected chi connectivity index (χ4v) is 1.45. The molecule has 1 fully saturated rings. The maximum atomic E-state index is 10.9. The van der Waals surface area contributed by atoms with Gasteiger partial charge in [0.25, 0.3) is 0 Å². The first-order valence-corrected chi connectivity index (χ1v) is 3.97. The molecule has 0 spiro atoms. The first-order chi connectivity index (χ1) is 5.11. The van der Waals surface area contributed by atoms with Gasteiger partial charge in [0.05, 0.1) is 6.10 Å². The molecule has 0 aromatic heterocycles. The Hall–Kier alpha value is -0.630. The molecule has 0 aliphatic heterocycles. The molecule has 0 saturated heterocycles. The molecule has 1 aliphatic rings. The summed E-state index contributed by atoms with van der Waals surface area (Å²) in [5.41, 5.74) is 0.877. The topological polar surface area (TPSA) is 37.3 Å². The third-order valence-corrected chi connectivity index (χ3v) is 2.37. The molecular weight excluding hydrogens is 140 g/mol. The van der Waals surface area contributed by atoms with Gasteiger partial charge in [-0.1, -0.05) is 6.58 Å². The van der Waals surface area contributed by atoms with Crippen molar-refractivity contribution in [1.82, 2.24) is 0 Å². The van der Waals surface area contributed by atoms with Crippen molar-refractivity contribution in [1.29, 1.82) is 0 Å². The molecular formula is C9H14O2. The number of Topliss-reactive ketones (excluding diaryl/α,β-unsaturated/α-hetero) is 1. The van der Waals surface area contributed by atoms with Crippen molar-refractivity contribution < 1.29 is 9.90 Å². The van der Waals surface area contributed by atoms with E-state index in [4.69, 9.17) is 0 Å². The van der Waals surface area contributed by atoms with Crippen LogP contribution in [0.4, 0.5) is 0 Å². The number of hydrogen-bond acceptors (Lipinski definition) is 2. The molecule has 0 radical (unpaired) electrons. The van der Waals surface area contributed by atoms with Crippen molar-refractivity contribution in [2.75, 3.05) is 0 Å². The highest BCUT2D eigenvalue weighted by Crippen LogP contribution is 2.27. The van der Waals surface area contributed by atoms with Gasteiger partial charge in [0.2, 0.25) is 0 Å². The molecule has 0 unspecified atom stereocenters. The van der Waals surface area contributed by atoms with E-state index in [1.54, 1.807) is 6.92 Å². The molecule has 1 saturated carbocycles. The van der Waals surface area contributed by atoms with Crippen molar-refractivity contribution in [3.8, 4) is 0 Å². The molecule has 1 N–H and O–H groups in total. The number of carbonyl (C=O) groups is 1. The van der Waals surface area contributed by atoms with Gasteiger partial charge in [-0.25, -0.2) is 0 Å². The van der Waals surface area contributed by atoms with Crippen LogP contribution >= 0.6 is 0 Å². The summed E-state index contributed by atoms with van der Waals surface area (Å²) >= 11 is 0. The number of ketones is 1. The molecule has 2 atom stereocenters. The molecule has 1 aliphatic carbocycles. The Morgan fingerprint density at radius 3 is 2.82 bits per heavy atom. The summed E-state index contributed by atoms with van der Waals surface area (Å²) in [4.78, 5) is 10.9. The lowest BCUT2D eigenvalue weighted by atomic mass is 9.82. The third-order valence-electron chi connectivity index (χ3n) is 2.37. The number of carbonyl (C=O) groups excluding carboxylic acids is 1. The minimum Gasteiger partial charge on any atom is -0.389 e. The van der Waals surface area contributed by atoms with Crippen molar-refractivity contribution in [3.05, 3.63) is 12.2 Å². The van der Waals surface area contributed by atoms with Gasteiger partial charge in [-0.15, -0.1) is 0 Å². The van der Waals surface area contributed by atoms with Gasteiger partial charge in [0.1, 0.15) is 5.78 Å². The van der Waals surface area contributed by atoms with Gasteiger partial charge in [0, 0.05) is 5.92 Å². The Morgan fingerprint density at radius 2 is 2.36 bits per heavy atom. The van der Waals surface area contributed by atoms with Gasteiger partial charge in [-0.2, -0.15) is 0 Å². The summed E-state index contributed by atoms with van der Waals surface area (Å²) in [6, 6.07) is 0. The highest BCUT2D eigenvalue weighted by molar-refractivity contribution is 5.78. The highest BCUT2D eigenvalue weighted by atomic mass is 16.3. The van der Waals surface area contributed by atoms with Gasteiger partial charge in [-0.05, 0) is 31.8 Å². The first-order valence-electron chi connectivity index (χ1n) is 3.97. The van der Waals surface area contributed by atoms with Gasteiger partial charge < -0.3 is 5.11 Å². The Balaban J connectivity index is 2.52. The predicted molar refractivity (Wildman–Crippen MR) is 43.2 cm³/mol. The smallest absolute Gasteiger partial charge is 0.133 e. The van der Waals surface area contributed by atoms with Gasteiger partial charge in [0.15, 0.2) is 0 Å². The minimum atomic E-state index is -0.447. The predicted octanol–water partition coefficient (Wildman–Crippen LogP) is 1.29. The van der Waals surface area contributed by atoms with E-state index in [1.165, 1.54) is 0 Å². The van der Waals surface area contributed by atoms with E-state index in [0.717, 1.165) is 18.4 Å². The van der Waals surface area contributed by atoms with E-state index in [9.17, 15) is 9.90 Å². The molecule has 2 nitrogen and oxygen atoms in total.